The van der Waals surface area contributed by atoms with Gasteiger partial charge in [-0.3, -0.25) is 24.1 Å². The predicted octanol–water partition coefficient (Wildman–Crippen LogP) is 1.50. The minimum atomic E-state index is -0.788. The molecule has 1 aromatic rings. The fourth-order valence-electron chi connectivity index (χ4n) is 3.77. The summed E-state index contributed by atoms with van der Waals surface area (Å²) in [6.45, 7) is -0.706. The molecule has 150 valence electrons. The molecule has 1 aromatic carbocycles. The third-order valence-corrected chi connectivity index (χ3v) is 5.34. The number of amides is 3. The van der Waals surface area contributed by atoms with E-state index in [2.05, 4.69) is 0 Å². The maximum atomic E-state index is 12.9. The Morgan fingerprint density at radius 3 is 2.25 bits per heavy atom. The van der Waals surface area contributed by atoms with Crippen LogP contribution in [0.2, 0.25) is 0 Å². The molecule has 3 rings (SSSR count). The number of carbonyl (C=O) groups excluding carboxylic acids is 4. The van der Waals surface area contributed by atoms with Crippen molar-refractivity contribution in [2.24, 2.45) is 11.8 Å². The Hall–Kier alpha value is -2.77. The van der Waals surface area contributed by atoms with E-state index in [0.29, 0.717) is 12.8 Å². The van der Waals surface area contributed by atoms with Crippen molar-refractivity contribution >= 4 is 23.7 Å². The molecule has 0 aromatic heterocycles. The first kappa shape index (κ1) is 20.0. The van der Waals surface area contributed by atoms with Crippen LogP contribution in [0.3, 0.4) is 0 Å². The number of likely N-dealkylation sites (tertiary alicyclic amines) is 1. The Morgan fingerprint density at radius 2 is 1.68 bits per heavy atom. The van der Waals surface area contributed by atoms with Crippen molar-refractivity contribution < 1.29 is 28.3 Å². The van der Waals surface area contributed by atoms with Crippen LogP contribution in [0, 0.1) is 17.7 Å². The first-order valence-corrected chi connectivity index (χ1v) is 9.36. The molecule has 1 saturated heterocycles. The van der Waals surface area contributed by atoms with E-state index in [9.17, 15) is 23.6 Å². The zero-order valence-corrected chi connectivity index (χ0v) is 15.7. The summed E-state index contributed by atoms with van der Waals surface area (Å²) in [6.07, 6.45) is 3.17. The van der Waals surface area contributed by atoms with Gasteiger partial charge in [0.15, 0.2) is 6.61 Å². The number of rotatable bonds is 6. The summed E-state index contributed by atoms with van der Waals surface area (Å²) in [5.41, 5.74) is 0.736. The van der Waals surface area contributed by atoms with Gasteiger partial charge < -0.3 is 9.64 Å². The maximum absolute atomic E-state index is 12.9. The standard InChI is InChI=1S/C20H23FN2O5/c1-22(10-13-6-8-14(21)9-7-13)17(24)12-28-18(25)11-23-19(26)15-4-2-3-5-16(15)20(23)27/h6-9,15-16H,2-5,10-12H2,1H3. The molecule has 0 spiro atoms. The summed E-state index contributed by atoms with van der Waals surface area (Å²) < 4.78 is 17.9. The van der Waals surface area contributed by atoms with Crippen LogP contribution in [0.4, 0.5) is 4.39 Å². The Morgan fingerprint density at radius 1 is 1.11 bits per heavy atom. The summed E-state index contributed by atoms with van der Waals surface area (Å²) >= 11 is 0. The highest BCUT2D eigenvalue weighted by Gasteiger charge is 2.48. The van der Waals surface area contributed by atoms with Crippen molar-refractivity contribution in [3.8, 4) is 0 Å². The van der Waals surface area contributed by atoms with Crippen molar-refractivity contribution in [1.82, 2.24) is 9.80 Å². The summed E-state index contributed by atoms with van der Waals surface area (Å²) in [5, 5.41) is 0. The quantitative estimate of drug-likeness (QED) is 0.543. The third kappa shape index (κ3) is 4.37. The van der Waals surface area contributed by atoms with Gasteiger partial charge in [-0.15, -0.1) is 0 Å². The van der Waals surface area contributed by atoms with Crippen LogP contribution >= 0.6 is 0 Å². The molecular formula is C20H23FN2O5. The summed E-state index contributed by atoms with van der Waals surface area (Å²) in [7, 11) is 1.54. The van der Waals surface area contributed by atoms with E-state index in [1.165, 1.54) is 24.1 Å². The predicted molar refractivity (Wildman–Crippen MR) is 96.0 cm³/mol. The van der Waals surface area contributed by atoms with E-state index in [1.54, 1.807) is 12.1 Å². The van der Waals surface area contributed by atoms with Gasteiger partial charge in [-0.25, -0.2) is 4.39 Å². The molecule has 0 bridgehead atoms. The average Bonchev–Trinajstić information content (AvgIpc) is 2.93. The molecule has 1 saturated carbocycles. The average molecular weight is 390 g/mol. The van der Waals surface area contributed by atoms with E-state index in [4.69, 9.17) is 4.74 Å². The normalized spacial score (nSPS) is 21.4. The molecule has 1 heterocycles. The number of nitrogens with zero attached hydrogens (tertiary/aromatic N) is 2. The fourth-order valence-corrected chi connectivity index (χ4v) is 3.77. The molecule has 2 atom stereocenters. The number of esters is 1. The molecule has 0 radical (unpaired) electrons. The van der Waals surface area contributed by atoms with Gasteiger partial charge in [0, 0.05) is 13.6 Å². The second-order valence-corrected chi connectivity index (χ2v) is 7.30. The molecule has 1 aliphatic carbocycles. The van der Waals surface area contributed by atoms with Crippen LogP contribution < -0.4 is 0 Å². The molecule has 2 unspecified atom stereocenters. The number of carbonyl (C=O) groups is 4. The summed E-state index contributed by atoms with van der Waals surface area (Å²) in [4.78, 5) is 51.2. The number of ether oxygens (including phenoxy) is 1. The lowest BCUT2D eigenvalue weighted by Gasteiger charge is -2.19. The SMILES string of the molecule is CN(Cc1ccc(F)cc1)C(=O)COC(=O)CN1C(=O)C2CCCCC2C1=O. The molecule has 0 N–H and O–H groups in total. The number of hydrogen-bond acceptors (Lipinski definition) is 5. The van der Waals surface area contributed by atoms with Crippen LogP contribution in [0.5, 0.6) is 0 Å². The highest BCUT2D eigenvalue weighted by Crippen LogP contribution is 2.37. The summed E-state index contributed by atoms with van der Waals surface area (Å²) in [6, 6.07) is 5.73. The van der Waals surface area contributed by atoms with E-state index in [1.807, 2.05) is 0 Å². The van der Waals surface area contributed by atoms with Crippen LogP contribution in [0.1, 0.15) is 31.2 Å². The monoisotopic (exact) mass is 390 g/mol. The molecule has 28 heavy (non-hydrogen) atoms. The van der Waals surface area contributed by atoms with E-state index in [0.717, 1.165) is 23.3 Å². The fraction of sp³-hybridized carbons (Fsp3) is 0.500. The number of likely N-dealkylation sites (N-methyl/N-ethyl adjacent to an activating group) is 1. The van der Waals surface area contributed by atoms with E-state index >= 15 is 0 Å². The number of imide groups is 1. The molecule has 1 aliphatic heterocycles. The Labute approximate surface area is 162 Å². The first-order chi connectivity index (χ1) is 13.4. The van der Waals surface area contributed by atoms with Crippen molar-refractivity contribution in [1.29, 1.82) is 0 Å². The second-order valence-electron chi connectivity index (χ2n) is 7.30. The lowest BCUT2D eigenvalue weighted by molar-refractivity contribution is -0.156. The molecule has 2 fully saturated rings. The van der Waals surface area contributed by atoms with Crippen molar-refractivity contribution in [3.63, 3.8) is 0 Å². The van der Waals surface area contributed by atoms with Gasteiger partial charge in [0.1, 0.15) is 12.4 Å². The molecule has 8 heteroatoms. The van der Waals surface area contributed by atoms with E-state index < -0.39 is 25.0 Å². The minimum Gasteiger partial charge on any atom is -0.454 e. The van der Waals surface area contributed by atoms with Crippen molar-refractivity contribution in [3.05, 3.63) is 35.6 Å². The molecule has 3 amide bonds. The van der Waals surface area contributed by atoms with Crippen LogP contribution in [0.25, 0.3) is 0 Å². The second kappa shape index (κ2) is 8.50. The van der Waals surface area contributed by atoms with Crippen molar-refractivity contribution in [2.45, 2.75) is 32.2 Å². The van der Waals surface area contributed by atoms with Gasteiger partial charge >= 0.3 is 5.97 Å². The zero-order valence-electron chi connectivity index (χ0n) is 15.7. The molecule has 7 nitrogen and oxygen atoms in total. The first-order valence-electron chi connectivity index (χ1n) is 9.36. The van der Waals surface area contributed by atoms with Gasteiger partial charge in [-0.05, 0) is 30.5 Å². The van der Waals surface area contributed by atoms with Gasteiger partial charge in [0.25, 0.3) is 5.91 Å². The number of benzene rings is 1. The van der Waals surface area contributed by atoms with Crippen molar-refractivity contribution in [2.75, 3.05) is 20.2 Å². The number of fused-ring (bicyclic) bond motifs is 1. The molecule has 2 aliphatic rings. The van der Waals surface area contributed by atoms with Gasteiger partial charge in [-0.2, -0.15) is 0 Å². The lowest BCUT2D eigenvalue weighted by atomic mass is 9.81. The smallest absolute Gasteiger partial charge is 0.326 e. The van der Waals surface area contributed by atoms with Crippen LogP contribution in [0.15, 0.2) is 24.3 Å². The number of halogens is 1. The minimum absolute atomic E-state index is 0.239. The zero-order chi connectivity index (χ0) is 20.3. The summed E-state index contributed by atoms with van der Waals surface area (Å²) in [5.74, 6) is -2.86. The van der Waals surface area contributed by atoms with Gasteiger partial charge in [-0.1, -0.05) is 25.0 Å². The Bertz CT molecular complexity index is 755. The topological polar surface area (TPSA) is 84.0 Å². The lowest BCUT2D eigenvalue weighted by Crippen LogP contribution is -2.38. The third-order valence-electron chi connectivity index (χ3n) is 5.34. The largest absolute Gasteiger partial charge is 0.454 e. The number of hydrogen-bond donors (Lipinski definition) is 0. The van der Waals surface area contributed by atoms with Gasteiger partial charge in [0.2, 0.25) is 11.8 Å². The van der Waals surface area contributed by atoms with E-state index in [-0.39, 0.29) is 36.0 Å². The highest BCUT2D eigenvalue weighted by molar-refractivity contribution is 6.07. The maximum Gasteiger partial charge on any atom is 0.326 e. The van der Waals surface area contributed by atoms with Crippen LogP contribution in [-0.4, -0.2) is 53.7 Å². The Kier molecular flexibility index (Phi) is 6.06. The Balaban J connectivity index is 1.47. The molecular weight excluding hydrogens is 367 g/mol. The van der Waals surface area contributed by atoms with Gasteiger partial charge in [0.05, 0.1) is 11.8 Å². The highest BCUT2D eigenvalue weighted by atomic mass is 19.1. The van der Waals surface area contributed by atoms with Crippen LogP contribution in [-0.2, 0) is 30.5 Å².